The van der Waals surface area contributed by atoms with E-state index in [9.17, 15) is 13.2 Å². The SMILES string of the molecule is CSCCC(NC(=O)CN(C)S(=O)(=O)c1ccc(C#N)cc1)c1nnc2ccccn12. The van der Waals surface area contributed by atoms with Gasteiger partial charge >= 0.3 is 0 Å². The molecular formula is C20H22N6O3S2. The summed E-state index contributed by atoms with van der Waals surface area (Å²) < 4.78 is 28.3. The van der Waals surface area contributed by atoms with Crippen molar-refractivity contribution in [2.75, 3.05) is 25.6 Å². The molecule has 0 radical (unpaired) electrons. The van der Waals surface area contributed by atoms with Gasteiger partial charge in [0.25, 0.3) is 0 Å². The number of nitrogens with one attached hydrogen (secondary N) is 1. The fourth-order valence-corrected chi connectivity index (χ4v) is 4.61. The largest absolute Gasteiger partial charge is 0.345 e. The van der Waals surface area contributed by atoms with Crippen molar-refractivity contribution in [3.63, 3.8) is 0 Å². The van der Waals surface area contributed by atoms with E-state index in [1.165, 1.54) is 31.3 Å². The summed E-state index contributed by atoms with van der Waals surface area (Å²) in [5.41, 5.74) is 1.03. The average molecular weight is 459 g/mol. The van der Waals surface area contributed by atoms with Gasteiger partial charge < -0.3 is 5.32 Å². The minimum absolute atomic E-state index is 0.0178. The molecule has 1 N–H and O–H groups in total. The second-order valence-electron chi connectivity index (χ2n) is 6.79. The Morgan fingerprint density at radius 1 is 1.26 bits per heavy atom. The molecule has 3 rings (SSSR count). The summed E-state index contributed by atoms with van der Waals surface area (Å²) in [7, 11) is -2.53. The second kappa shape index (κ2) is 9.91. The van der Waals surface area contributed by atoms with E-state index < -0.39 is 22.0 Å². The molecule has 2 aromatic heterocycles. The van der Waals surface area contributed by atoms with Gasteiger partial charge in [0, 0.05) is 13.2 Å². The summed E-state index contributed by atoms with van der Waals surface area (Å²) in [6.45, 7) is -0.352. The zero-order valence-corrected chi connectivity index (χ0v) is 18.7. The maximum atomic E-state index is 12.8. The number of rotatable bonds is 9. The van der Waals surface area contributed by atoms with Crippen molar-refractivity contribution in [2.45, 2.75) is 17.4 Å². The number of benzene rings is 1. The maximum absolute atomic E-state index is 12.8. The number of aromatic nitrogens is 3. The Bertz CT molecular complexity index is 1200. The van der Waals surface area contributed by atoms with Crippen molar-refractivity contribution < 1.29 is 13.2 Å². The average Bonchev–Trinajstić information content (AvgIpc) is 3.20. The van der Waals surface area contributed by atoms with Crippen LogP contribution in [0.3, 0.4) is 0 Å². The van der Waals surface area contributed by atoms with Gasteiger partial charge in [-0.05, 0) is 54.8 Å². The first-order chi connectivity index (χ1) is 14.9. The highest BCUT2D eigenvalue weighted by atomic mass is 32.2. The first kappa shape index (κ1) is 22.7. The van der Waals surface area contributed by atoms with E-state index in [4.69, 9.17) is 5.26 Å². The van der Waals surface area contributed by atoms with Gasteiger partial charge in [0.05, 0.1) is 29.1 Å². The number of thioether (sulfide) groups is 1. The number of likely N-dealkylation sites (N-methyl/N-ethyl adjacent to an activating group) is 1. The molecule has 162 valence electrons. The molecule has 0 aliphatic rings. The molecule has 31 heavy (non-hydrogen) atoms. The second-order valence-corrected chi connectivity index (χ2v) is 9.82. The van der Waals surface area contributed by atoms with Crippen molar-refractivity contribution in [2.24, 2.45) is 0 Å². The number of pyridine rings is 1. The topological polar surface area (TPSA) is 120 Å². The number of sulfonamides is 1. The van der Waals surface area contributed by atoms with Crippen LogP contribution in [0.1, 0.15) is 23.9 Å². The molecule has 2 heterocycles. The van der Waals surface area contributed by atoms with Crippen LogP contribution in [0, 0.1) is 11.3 Å². The number of amides is 1. The van der Waals surface area contributed by atoms with Crippen LogP contribution in [-0.4, -0.2) is 58.8 Å². The number of carbonyl (C=O) groups is 1. The van der Waals surface area contributed by atoms with E-state index in [-0.39, 0.29) is 11.4 Å². The summed E-state index contributed by atoms with van der Waals surface area (Å²) in [4.78, 5) is 12.7. The minimum atomic E-state index is -3.87. The third-order valence-corrected chi connectivity index (χ3v) is 7.12. The van der Waals surface area contributed by atoms with E-state index >= 15 is 0 Å². The Hall–Kier alpha value is -2.94. The van der Waals surface area contributed by atoms with E-state index in [2.05, 4.69) is 15.5 Å². The van der Waals surface area contributed by atoms with Gasteiger partial charge in [0.15, 0.2) is 11.5 Å². The predicted octanol–water partition coefficient (Wildman–Crippen LogP) is 1.83. The van der Waals surface area contributed by atoms with Crippen molar-refractivity contribution >= 4 is 33.3 Å². The molecule has 11 heteroatoms. The number of nitrogens with zero attached hydrogens (tertiary/aromatic N) is 5. The van der Waals surface area contributed by atoms with Gasteiger partial charge in [-0.25, -0.2) is 8.42 Å². The highest BCUT2D eigenvalue weighted by Gasteiger charge is 2.25. The van der Waals surface area contributed by atoms with Crippen LogP contribution in [0.2, 0.25) is 0 Å². The molecular weight excluding hydrogens is 436 g/mol. The van der Waals surface area contributed by atoms with Gasteiger partial charge in [0.2, 0.25) is 15.9 Å². The summed E-state index contributed by atoms with van der Waals surface area (Å²) in [5.74, 6) is 0.931. The van der Waals surface area contributed by atoms with Crippen molar-refractivity contribution in [1.82, 2.24) is 24.2 Å². The number of hydrogen-bond acceptors (Lipinski definition) is 7. The van der Waals surface area contributed by atoms with Crippen LogP contribution in [0.4, 0.5) is 0 Å². The lowest BCUT2D eigenvalue weighted by Gasteiger charge is -2.20. The molecule has 0 saturated heterocycles. The summed E-state index contributed by atoms with van der Waals surface area (Å²) >= 11 is 1.64. The molecule has 0 fully saturated rings. The van der Waals surface area contributed by atoms with Crippen LogP contribution in [0.5, 0.6) is 0 Å². The summed E-state index contributed by atoms with van der Waals surface area (Å²) in [6.07, 6.45) is 4.41. The standard InChI is InChI=1S/C20H22N6O3S2/c1-25(31(28,29)16-8-6-15(13-21)7-9-16)14-19(27)22-17(10-12-30-2)20-24-23-18-5-3-4-11-26(18)20/h3-9,11,17H,10,12,14H2,1-2H3,(H,22,27). The molecule has 1 unspecified atom stereocenters. The predicted molar refractivity (Wildman–Crippen MR) is 118 cm³/mol. The minimum Gasteiger partial charge on any atom is -0.345 e. The summed E-state index contributed by atoms with van der Waals surface area (Å²) in [6, 6.07) is 12.6. The number of carbonyl (C=O) groups excluding carboxylic acids is 1. The molecule has 0 saturated carbocycles. The van der Waals surface area contributed by atoms with Gasteiger partial charge in [-0.2, -0.15) is 21.3 Å². The molecule has 1 aromatic carbocycles. The lowest BCUT2D eigenvalue weighted by atomic mass is 10.2. The van der Waals surface area contributed by atoms with Crippen molar-refractivity contribution in [3.05, 3.63) is 60.0 Å². The quantitative estimate of drug-likeness (QED) is 0.519. The van der Waals surface area contributed by atoms with Crippen molar-refractivity contribution in [1.29, 1.82) is 5.26 Å². The molecule has 9 nitrogen and oxygen atoms in total. The Balaban J connectivity index is 1.75. The van der Waals surface area contributed by atoms with Crippen LogP contribution >= 0.6 is 11.8 Å². The Kier molecular flexibility index (Phi) is 7.27. The Labute approximate surface area is 185 Å². The van der Waals surface area contributed by atoms with Gasteiger partial charge in [-0.1, -0.05) is 6.07 Å². The first-order valence-corrected chi connectivity index (χ1v) is 12.2. The lowest BCUT2D eigenvalue weighted by Crippen LogP contribution is -2.40. The molecule has 0 spiro atoms. The van der Waals surface area contributed by atoms with Gasteiger partial charge in [0.1, 0.15) is 0 Å². The molecule has 1 amide bonds. The maximum Gasteiger partial charge on any atom is 0.243 e. The fraction of sp³-hybridized carbons (Fsp3) is 0.300. The molecule has 1 atom stereocenters. The lowest BCUT2D eigenvalue weighted by molar-refractivity contribution is -0.122. The van der Waals surface area contributed by atoms with Crippen LogP contribution < -0.4 is 5.32 Å². The number of fused-ring (bicyclic) bond motifs is 1. The first-order valence-electron chi connectivity index (χ1n) is 9.41. The highest BCUT2D eigenvalue weighted by Crippen LogP contribution is 2.19. The number of hydrogen-bond donors (Lipinski definition) is 1. The van der Waals surface area contributed by atoms with E-state index in [0.29, 0.717) is 23.5 Å². The fourth-order valence-electron chi connectivity index (χ4n) is 3.01. The Morgan fingerprint density at radius 2 is 2.00 bits per heavy atom. The number of nitriles is 1. The molecule has 3 aromatic rings. The zero-order chi connectivity index (χ0) is 22.4. The van der Waals surface area contributed by atoms with E-state index in [0.717, 1.165) is 10.1 Å². The summed E-state index contributed by atoms with van der Waals surface area (Å²) in [5, 5.41) is 20.1. The van der Waals surface area contributed by atoms with Crippen LogP contribution in [-0.2, 0) is 14.8 Å². The van der Waals surface area contributed by atoms with Crippen LogP contribution in [0.15, 0.2) is 53.6 Å². The highest BCUT2D eigenvalue weighted by molar-refractivity contribution is 7.98. The third-order valence-electron chi connectivity index (χ3n) is 4.66. The molecule has 0 aliphatic carbocycles. The smallest absolute Gasteiger partial charge is 0.243 e. The van der Waals surface area contributed by atoms with E-state index in [1.54, 1.807) is 11.8 Å². The zero-order valence-electron chi connectivity index (χ0n) is 17.1. The molecule has 0 bridgehead atoms. The van der Waals surface area contributed by atoms with Gasteiger partial charge in [-0.3, -0.25) is 9.20 Å². The van der Waals surface area contributed by atoms with Crippen LogP contribution in [0.25, 0.3) is 5.65 Å². The van der Waals surface area contributed by atoms with Crippen molar-refractivity contribution in [3.8, 4) is 6.07 Å². The van der Waals surface area contributed by atoms with Gasteiger partial charge in [-0.15, -0.1) is 10.2 Å². The Morgan fingerprint density at radius 3 is 2.68 bits per heavy atom. The third kappa shape index (κ3) is 5.22. The normalized spacial score (nSPS) is 12.6. The monoisotopic (exact) mass is 458 g/mol. The molecule has 0 aliphatic heterocycles. The van der Waals surface area contributed by atoms with E-state index in [1.807, 2.05) is 41.1 Å².